The first-order valence-electron chi connectivity index (χ1n) is 6.08. The molecule has 0 bridgehead atoms. The van der Waals surface area contributed by atoms with Crippen LogP contribution in [-0.4, -0.2) is 42.0 Å². The molecule has 2 rings (SSSR count). The van der Waals surface area contributed by atoms with Gasteiger partial charge >= 0.3 is 0 Å². The van der Waals surface area contributed by atoms with Gasteiger partial charge in [-0.2, -0.15) is 0 Å². The highest BCUT2D eigenvalue weighted by atomic mass is 16.5. The minimum atomic E-state index is -0.584. The number of carbonyl (C=O) groups is 1. The van der Waals surface area contributed by atoms with E-state index in [2.05, 4.69) is 9.88 Å². The van der Waals surface area contributed by atoms with Crippen molar-refractivity contribution in [2.75, 3.05) is 32.0 Å². The maximum atomic E-state index is 11.0. The molecule has 0 unspecified atom stereocenters. The van der Waals surface area contributed by atoms with Crippen molar-refractivity contribution in [2.45, 2.75) is 12.8 Å². The number of hydrogen-bond acceptors (Lipinski definition) is 5. The second-order valence-corrected chi connectivity index (χ2v) is 4.35. The van der Waals surface area contributed by atoms with Gasteiger partial charge in [0.2, 0.25) is 5.88 Å². The molecule has 4 N–H and O–H groups in total. The maximum Gasteiger partial charge on any atom is 0.267 e. The Bertz CT molecular complexity index is 430. The molecular formula is C12H18N4O2. The number of rotatable bonds is 5. The molecule has 1 fully saturated rings. The van der Waals surface area contributed by atoms with E-state index in [0.717, 1.165) is 19.6 Å². The average molecular weight is 250 g/mol. The van der Waals surface area contributed by atoms with Gasteiger partial charge in [-0.15, -0.1) is 0 Å². The lowest BCUT2D eigenvalue weighted by atomic mass is 10.3. The molecule has 0 atom stereocenters. The molecule has 1 aromatic heterocycles. The average Bonchev–Trinajstić information content (AvgIpc) is 2.84. The van der Waals surface area contributed by atoms with Crippen molar-refractivity contribution < 1.29 is 9.53 Å². The molecule has 18 heavy (non-hydrogen) atoms. The predicted octanol–water partition coefficient (Wildman–Crippen LogP) is 0.237. The predicted molar refractivity (Wildman–Crippen MR) is 68.3 cm³/mol. The smallest absolute Gasteiger partial charge is 0.267 e. The van der Waals surface area contributed by atoms with Crippen molar-refractivity contribution in [3.63, 3.8) is 0 Å². The van der Waals surface area contributed by atoms with Gasteiger partial charge in [0, 0.05) is 6.54 Å². The Kier molecular flexibility index (Phi) is 3.99. The van der Waals surface area contributed by atoms with Crippen LogP contribution >= 0.6 is 0 Å². The zero-order valence-electron chi connectivity index (χ0n) is 10.3. The van der Waals surface area contributed by atoms with E-state index in [0.29, 0.717) is 12.3 Å². The molecule has 1 aromatic rings. The minimum Gasteiger partial charge on any atom is -0.475 e. The van der Waals surface area contributed by atoms with E-state index in [1.807, 2.05) is 0 Å². The van der Waals surface area contributed by atoms with E-state index >= 15 is 0 Å². The molecule has 1 aliphatic rings. The second kappa shape index (κ2) is 5.68. The number of anilines is 1. The summed E-state index contributed by atoms with van der Waals surface area (Å²) in [5, 5.41) is 0. The fourth-order valence-electron chi connectivity index (χ4n) is 1.98. The third kappa shape index (κ3) is 3.10. The molecule has 1 saturated heterocycles. The molecule has 6 heteroatoms. The number of carbonyl (C=O) groups excluding carboxylic acids is 1. The van der Waals surface area contributed by atoms with E-state index in [4.69, 9.17) is 16.2 Å². The number of primary amides is 1. The van der Waals surface area contributed by atoms with Crippen molar-refractivity contribution in [1.82, 2.24) is 9.88 Å². The van der Waals surface area contributed by atoms with Gasteiger partial charge in [-0.25, -0.2) is 4.98 Å². The topological polar surface area (TPSA) is 94.5 Å². The summed E-state index contributed by atoms with van der Waals surface area (Å²) < 4.78 is 5.50. The van der Waals surface area contributed by atoms with Crippen molar-refractivity contribution in [3.05, 3.63) is 17.8 Å². The van der Waals surface area contributed by atoms with Gasteiger partial charge in [-0.3, -0.25) is 9.69 Å². The molecular weight excluding hydrogens is 232 g/mol. The van der Waals surface area contributed by atoms with E-state index in [9.17, 15) is 4.79 Å². The van der Waals surface area contributed by atoms with Gasteiger partial charge < -0.3 is 16.2 Å². The second-order valence-electron chi connectivity index (χ2n) is 4.35. The molecule has 0 saturated carbocycles. The summed E-state index contributed by atoms with van der Waals surface area (Å²) in [5.41, 5.74) is 11.5. The highest BCUT2D eigenvalue weighted by Crippen LogP contribution is 2.18. The molecule has 0 aliphatic carbocycles. The van der Waals surface area contributed by atoms with Crippen LogP contribution in [0.2, 0.25) is 0 Å². The van der Waals surface area contributed by atoms with Crippen LogP contribution in [0.1, 0.15) is 23.3 Å². The first-order valence-corrected chi connectivity index (χ1v) is 6.08. The summed E-state index contributed by atoms with van der Waals surface area (Å²) in [5.74, 6) is -0.301. The van der Waals surface area contributed by atoms with Crippen molar-refractivity contribution in [2.24, 2.45) is 5.73 Å². The van der Waals surface area contributed by atoms with Crippen LogP contribution in [0.25, 0.3) is 0 Å². The Balaban J connectivity index is 1.91. The fraction of sp³-hybridized carbons (Fsp3) is 0.500. The Labute approximate surface area is 106 Å². The first kappa shape index (κ1) is 12.6. The Morgan fingerprint density at radius 2 is 2.11 bits per heavy atom. The SMILES string of the molecule is NC(=O)c1ccc(N)c(OCCN2CCCC2)n1. The number of nitrogens with two attached hydrogens (primary N) is 2. The molecule has 98 valence electrons. The Hall–Kier alpha value is -1.82. The van der Waals surface area contributed by atoms with E-state index in [1.165, 1.54) is 18.9 Å². The van der Waals surface area contributed by atoms with Crippen LogP contribution in [0.4, 0.5) is 5.69 Å². The van der Waals surface area contributed by atoms with Crippen LogP contribution in [-0.2, 0) is 0 Å². The van der Waals surface area contributed by atoms with Gasteiger partial charge in [-0.1, -0.05) is 0 Å². The number of nitrogen functional groups attached to an aromatic ring is 1. The van der Waals surface area contributed by atoms with Gasteiger partial charge in [0.05, 0.1) is 5.69 Å². The standard InChI is InChI=1S/C12H18N4O2/c13-9-3-4-10(11(14)17)15-12(9)18-8-7-16-5-1-2-6-16/h3-4H,1-2,5-8,13H2,(H2,14,17). The summed E-state index contributed by atoms with van der Waals surface area (Å²) in [4.78, 5) is 17.3. The zero-order valence-corrected chi connectivity index (χ0v) is 10.3. The lowest BCUT2D eigenvalue weighted by Gasteiger charge is -2.15. The van der Waals surface area contributed by atoms with Crippen LogP contribution in [0.15, 0.2) is 12.1 Å². The van der Waals surface area contributed by atoms with E-state index in [1.54, 1.807) is 6.07 Å². The lowest BCUT2D eigenvalue weighted by Crippen LogP contribution is -2.25. The Morgan fingerprint density at radius 1 is 1.39 bits per heavy atom. The molecule has 0 aromatic carbocycles. The van der Waals surface area contributed by atoms with E-state index < -0.39 is 5.91 Å². The normalized spacial score (nSPS) is 15.8. The number of pyridine rings is 1. The highest BCUT2D eigenvalue weighted by Gasteiger charge is 2.12. The van der Waals surface area contributed by atoms with Gasteiger partial charge in [0.1, 0.15) is 12.3 Å². The maximum absolute atomic E-state index is 11.0. The lowest BCUT2D eigenvalue weighted by molar-refractivity contribution is 0.0994. The number of nitrogens with zero attached hydrogens (tertiary/aromatic N) is 2. The van der Waals surface area contributed by atoms with Crippen LogP contribution in [0.3, 0.4) is 0 Å². The van der Waals surface area contributed by atoms with Gasteiger partial charge in [0.25, 0.3) is 5.91 Å². The molecule has 0 radical (unpaired) electrons. The molecule has 1 aliphatic heterocycles. The van der Waals surface area contributed by atoms with E-state index in [-0.39, 0.29) is 11.6 Å². The summed E-state index contributed by atoms with van der Waals surface area (Å²) >= 11 is 0. The zero-order chi connectivity index (χ0) is 13.0. The summed E-state index contributed by atoms with van der Waals surface area (Å²) in [6.45, 7) is 3.60. The highest BCUT2D eigenvalue weighted by molar-refractivity contribution is 5.91. The fourth-order valence-corrected chi connectivity index (χ4v) is 1.98. The van der Waals surface area contributed by atoms with Crippen molar-refractivity contribution in [3.8, 4) is 5.88 Å². The number of amides is 1. The number of ether oxygens (including phenoxy) is 1. The molecule has 6 nitrogen and oxygen atoms in total. The third-order valence-electron chi connectivity index (χ3n) is 2.99. The third-order valence-corrected chi connectivity index (χ3v) is 2.99. The van der Waals surface area contributed by atoms with Crippen LogP contribution in [0.5, 0.6) is 5.88 Å². The van der Waals surface area contributed by atoms with Crippen LogP contribution < -0.4 is 16.2 Å². The first-order chi connectivity index (χ1) is 8.66. The summed E-state index contributed by atoms with van der Waals surface area (Å²) in [6, 6.07) is 3.07. The summed E-state index contributed by atoms with van der Waals surface area (Å²) in [6.07, 6.45) is 2.50. The number of aromatic nitrogens is 1. The molecule has 0 spiro atoms. The van der Waals surface area contributed by atoms with Gasteiger partial charge in [-0.05, 0) is 38.1 Å². The number of likely N-dealkylation sites (tertiary alicyclic amines) is 1. The largest absolute Gasteiger partial charge is 0.475 e. The van der Waals surface area contributed by atoms with Gasteiger partial charge in [0.15, 0.2) is 0 Å². The quantitative estimate of drug-likeness (QED) is 0.780. The van der Waals surface area contributed by atoms with Crippen LogP contribution in [0, 0.1) is 0 Å². The van der Waals surface area contributed by atoms with Crippen molar-refractivity contribution in [1.29, 1.82) is 0 Å². The molecule has 1 amide bonds. The summed E-state index contributed by atoms with van der Waals surface area (Å²) in [7, 11) is 0. The number of hydrogen-bond donors (Lipinski definition) is 2. The Morgan fingerprint density at radius 3 is 2.78 bits per heavy atom. The minimum absolute atomic E-state index is 0.167. The monoisotopic (exact) mass is 250 g/mol. The molecule has 2 heterocycles. The van der Waals surface area contributed by atoms with Crippen molar-refractivity contribution >= 4 is 11.6 Å².